The van der Waals surface area contributed by atoms with Crippen molar-refractivity contribution in [3.05, 3.63) is 50.8 Å². The summed E-state index contributed by atoms with van der Waals surface area (Å²) >= 11 is 12.5. The lowest BCUT2D eigenvalue weighted by molar-refractivity contribution is 0.0515. The summed E-state index contributed by atoms with van der Waals surface area (Å²) in [5, 5.41) is 13.5. The van der Waals surface area contributed by atoms with Crippen LogP contribution in [0, 0.1) is 6.92 Å². The van der Waals surface area contributed by atoms with Gasteiger partial charge in [0.05, 0.1) is 24.4 Å². The third-order valence-electron chi connectivity index (χ3n) is 4.83. The maximum Gasteiger partial charge on any atom is 0.407 e. The Kier molecular flexibility index (Phi) is 6.79. The molecule has 1 aromatic carbocycles. The first-order valence-electron chi connectivity index (χ1n) is 9.86. The molecule has 0 saturated carbocycles. The van der Waals surface area contributed by atoms with E-state index in [1.54, 1.807) is 50.8 Å². The van der Waals surface area contributed by atoms with Crippen molar-refractivity contribution in [1.82, 2.24) is 15.2 Å². The molecule has 1 aliphatic heterocycles. The van der Waals surface area contributed by atoms with E-state index in [0.29, 0.717) is 50.2 Å². The molecule has 2 heterocycles. The third-order valence-corrected chi connectivity index (χ3v) is 5.38. The Morgan fingerprint density at radius 3 is 2.61 bits per heavy atom. The number of rotatable bonds is 5. The van der Waals surface area contributed by atoms with Gasteiger partial charge in [-0.1, -0.05) is 29.3 Å². The van der Waals surface area contributed by atoms with E-state index >= 15 is 0 Å². The number of nitrogens with zero attached hydrogens (tertiary/aromatic N) is 2. The molecule has 9 heteroatoms. The zero-order valence-electron chi connectivity index (χ0n) is 17.9. The Morgan fingerprint density at radius 2 is 2.00 bits per heavy atom. The van der Waals surface area contributed by atoms with Gasteiger partial charge in [0.25, 0.3) is 5.91 Å². The number of halogens is 2. The quantitative estimate of drug-likeness (QED) is 0.684. The van der Waals surface area contributed by atoms with Gasteiger partial charge in [-0.05, 0) is 39.8 Å². The number of aryl methyl sites for hydroxylation is 1. The molecule has 7 nitrogen and oxygen atoms in total. The fourth-order valence-corrected chi connectivity index (χ4v) is 4.03. The number of hydrogen-bond donors (Lipinski definition) is 2. The summed E-state index contributed by atoms with van der Waals surface area (Å²) in [6.45, 7) is 7.67. The Labute approximate surface area is 191 Å². The van der Waals surface area contributed by atoms with Gasteiger partial charge in [-0.25, -0.2) is 4.79 Å². The van der Waals surface area contributed by atoms with Crippen LogP contribution < -0.4 is 5.32 Å². The van der Waals surface area contributed by atoms with Crippen LogP contribution in [-0.2, 0) is 17.9 Å². The molecular formula is C22H25Cl2N3O4. The molecule has 0 spiro atoms. The van der Waals surface area contributed by atoms with Crippen molar-refractivity contribution < 1.29 is 19.4 Å². The third kappa shape index (κ3) is 5.11. The highest BCUT2D eigenvalue weighted by molar-refractivity contribution is 6.36. The summed E-state index contributed by atoms with van der Waals surface area (Å²) in [4.78, 5) is 31.3. The summed E-state index contributed by atoms with van der Waals surface area (Å²) in [6.07, 6.45) is -0.540. The van der Waals surface area contributed by atoms with Crippen molar-refractivity contribution in [2.75, 3.05) is 13.1 Å². The van der Waals surface area contributed by atoms with Gasteiger partial charge < -0.3 is 20.1 Å². The average molecular weight is 466 g/mol. The van der Waals surface area contributed by atoms with Crippen molar-refractivity contribution in [2.24, 2.45) is 0 Å². The van der Waals surface area contributed by atoms with Crippen LogP contribution in [0.5, 0.6) is 0 Å². The minimum Gasteiger partial charge on any atom is -0.444 e. The SMILES string of the molecule is Cc1nc2c(c(-c3ccc(Cl)cc3Cl)c1CO)C(=O)N(CCNC(=O)OC(C)(C)C)C2. The molecule has 166 valence electrons. The number of carbonyl (C=O) groups is 2. The lowest BCUT2D eigenvalue weighted by Gasteiger charge is -2.21. The molecule has 2 aromatic rings. The number of aromatic nitrogens is 1. The standard InChI is InChI=1S/C22H25Cl2N3O4/c1-12-15(11-28)18(14-6-5-13(23)9-16(14)24)19-17(26-12)10-27(20(19)29)8-7-25-21(30)31-22(2,3)4/h5-6,9,28H,7-8,10-11H2,1-4H3,(H,25,30). The van der Waals surface area contributed by atoms with E-state index in [9.17, 15) is 14.7 Å². The van der Waals surface area contributed by atoms with Crippen LogP contribution in [0.15, 0.2) is 18.2 Å². The maximum absolute atomic E-state index is 13.2. The fraction of sp³-hybridized carbons (Fsp3) is 0.409. The monoisotopic (exact) mass is 465 g/mol. The molecule has 0 bridgehead atoms. The lowest BCUT2D eigenvalue weighted by atomic mass is 9.93. The van der Waals surface area contributed by atoms with Gasteiger partial charge in [-0.3, -0.25) is 9.78 Å². The van der Waals surface area contributed by atoms with Crippen LogP contribution >= 0.6 is 23.2 Å². The second-order valence-corrected chi connectivity index (χ2v) is 9.15. The number of hydrogen-bond acceptors (Lipinski definition) is 5. The van der Waals surface area contributed by atoms with E-state index in [2.05, 4.69) is 10.3 Å². The molecule has 1 aromatic heterocycles. The highest BCUT2D eigenvalue weighted by atomic mass is 35.5. The number of amides is 2. The Hall–Kier alpha value is -2.35. The molecule has 3 rings (SSSR count). The molecule has 0 aliphatic carbocycles. The number of nitrogens with one attached hydrogen (secondary N) is 1. The zero-order valence-corrected chi connectivity index (χ0v) is 19.4. The van der Waals surface area contributed by atoms with Crippen molar-refractivity contribution >= 4 is 35.2 Å². The molecule has 31 heavy (non-hydrogen) atoms. The highest BCUT2D eigenvalue weighted by Crippen LogP contribution is 2.39. The first kappa shape index (κ1) is 23.3. The van der Waals surface area contributed by atoms with Gasteiger partial charge in [-0.2, -0.15) is 0 Å². The van der Waals surface area contributed by atoms with Gasteiger partial charge in [0, 0.05) is 45.5 Å². The second kappa shape index (κ2) is 9.02. The molecular weight excluding hydrogens is 441 g/mol. The van der Waals surface area contributed by atoms with E-state index in [4.69, 9.17) is 27.9 Å². The molecule has 0 saturated heterocycles. The molecule has 0 fully saturated rings. The van der Waals surface area contributed by atoms with Crippen LogP contribution in [0.3, 0.4) is 0 Å². The molecule has 0 atom stereocenters. The van der Waals surface area contributed by atoms with Crippen LogP contribution in [0.4, 0.5) is 4.79 Å². The number of fused-ring (bicyclic) bond motifs is 1. The molecule has 2 amide bonds. The van der Waals surface area contributed by atoms with Gasteiger partial charge in [-0.15, -0.1) is 0 Å². The normalized spacial score (nSPS) is 13.4. The smallest absolute Gasteiger partial charge is 0.407 e. The largest absolute Gasteiger partial charge is 0.444 e. The maximum atomic E-state index is 13.2. The van der Waals surface area contributed by atoms with Crippen molar-refractivity contribution in [2.45, 2.75) is 46.4 Å². The zero-order chi connectivity index (χ0) is 22.9. The fourth-order valence-electron chi connectivity index (χ4n) is 3.53. The lowest BCUT2D eigenvalue weighted by Crippen LogP contribution is -2.38. The molecule has 1 aliphatic rings. The Balaban J connectivity index is 1.88. The summed E-state index contributed by atoms with van der Waals surface area (Å²) in [5.41, 5.74) is 2.78. The van der Waals surface area contributed by atoms with Gasteiger partial charge >= 0.3 is 6.09 Å². The first-order valence-corrected chi connectivity index (χ1v) is 10.6. The molecule has 0 unspecified atom stereocenters. The number of ether oxygens (including phenoxy) is 1. The molecule has 2 N–H and O–H groups in total. The highest BCUT2D eigenvalue weighted by Gasteiger charge is 2.34. The number of benzene rings is 1. The van der Waals surface area contributed by atoms with E-state index < -0.39 is 11.7 Å². The van der Waals surface area contributed by atoms with Crippen LogP contribution in [0.2, 0.25) is 10.0 Å². The number of pyridine rings is 1. The van der Waals surface area contributed by atoms with Crippen molar-refractivity contribution in [3.8, 4) is 11.1 Å². The van der Waals surface area contributed by atoms with Gasteiger partial charge in [0.2, 0.25) is 0 Å². The number of carbonyl (C=O) groups excluding carboxylic acids is 2. The van der Waals surface area contributed by atoms with Crippen LogP contribution in [0.1, 0.15) is 48.1 Å². The minimum atomic E-state index is -0.599. The first-order chi connectivity index (χ1) is 14.5. The van der Waals surface area contributed by atoms with Gasteiger partial charge in [0.15, 0.2) is 0 Å². The summed E-state index contributed by atoms with van der Waals surface area (Å²) in [5.74, 6) is -0.232. The predicted octanol–water partition coefficient (Wildman–Crippen LogP) is 4.34. The number of aliphatic hydroxyl groups excluding tert-OH is 1. The van der Waals surface area contributed by atoms with Gasteiger partial charge in [0.1, 0.15) is 5.60 Å². The minimum absolute atomic E-state index is 0.232. The second-order valence-electron chi connectivity index (χ2n) is 8.31. The van der Waals surface area contributed by atoms with E-state index in [0.717, 1.165) is 0 Å². The number of aliphatic hydroxyl groups is 1. The van der Waals surface area contributed by atoms with E-state index in [1.165, 1.54) is 0 Å². The Morgan fingerprint density at radius 1 is 1.29 bits per heavy atom. The van der Waals surface area contributed by atoms with E-state index in [1.807, 2.05) is 0 Å². The van der Waals surface area contributed by atoms with E-state index in [-0.39, 0.29) is 25.6 Å². The van der Waals surface area contributed by atoms with Crippen LogP contribution in [-0.4, -0.2) is 45.7 Å². The summed E-state index contributed by atoms with van der Waals surface area (Å²) in [6, 6.07) is 5.02. The number of alkyl carbamates (subject to hydrolysis) is 1. The predicted molar refractivity (Wildman–Crippen MR) is 119 cm³/mol. The van der Waals surface area contributed by atoms with Crippen molar-refractivity contribution in [3.63, 3.8) is 0 Å². The molecule has 0 radical (unpaired) electrons. The Bertz CT molecular complexity index is 1030. The van der Waals surface area contributed by atoms with Crippen molar-refractivity contribution in [1.29, 1.82) is 0 Å². The topological polar surface area (TPSA) is 91.8 Å². The summed E-state index contributed by atoms with van der Waals surface area (Å²) in [7, 11) is 0. The van der Waals surface area contributed by atoms with Crippen LogP contribution in [0.25, 0.3) is 11.1 Å². The average Bonchev–Trinajstić information content (AvgIpc) is 2.95. The summed E-state index contributed by atoms with van der Waals surface area (Å²) < 4.78 is 5.22.